The number of benzene rings is 1. The molecule has 0 aliphatic carbocycles. The Morgan fingerprint density at radius 1 is 1.35 bits per heavy atom. The van der Waals surface area contributed by atoms with Gasteiger partial charge < -0.3 is 15.4 Å². The quantitative estimate of drug-likeness (QED) is 0.825. The van der Waals surface area contributed by atoms with Gasteiger partial charge in [-0.05, 0) is 24.3 Å². The zero-order valence-electron chi connectivity index (χ0n) is 10.7. The van der Waals surface area contributed by atoms with Crippen molar-refractivity contribution in [1.29, 1.82) is 0 Å². The van der Waals surface area contributed by atoms with Crippen molar-refractivity contribution >= 4 is 5.69 Å². The number of hydrogen-bond donors (Lipinski definition) is 1. The fourth-order valence-corrected chi connectivity index (χ4v) is 2.01. The van der Waals surface area contributed by atoms with E-state index in [9.17, 15) is 4.39 Å². The molecule has 3 nitrogen and oxygen atoms in total. The molecule has 96 valence electrons. The molecule has 4 heteroatoms. The lowest BCUT2D eigenvalue weighted by molar-refractivity contribution is 0.147. The molecule has 0 saturated heterocycles. The van der Waals surface area contributed by atoms with Gasteiger partial charge in [-0.2, -0.15) is 0 Å². The van der Waals surface area contributed by atoms with Crippen molar-refractivity contribution in [3.8, 4) is 0 Å². The molecule has 2 unspecified atom stereocenters. The SMILES string of the molecule is COCC(C)C(CN)N(C)c1ccc(F)cc1. The van der Waals surface area contributed by atoms with E-state index in [1.165, 1.54) is 12.1 Å². The second-order valence-corrected chi connectivity index (χ2v) is 4.32. The van der Waals surface area contributed by atoms with Gasteiger partial charge in [0, 0.05) is 38.3 Å². The second-order valence-electron chi connectivity index (χ2n) is 4.32. The molecule has 0 saturated carbocycles. The summed E-state index contributed by atoms with van der Waals surface area (Å²) in [4.78, 5) is 2.07. The van der Waals surface area contributed by atoms with Crippen molar-refractivity contribution in [3.05, 3.63) is 30.1 Å². The molecule has 1 aromatic carbocycles. The van der Waals surface area contributed by atoms with Crippen LogP contribution in [0, 0.1) is 11.7 Å². The van der Waals surface area contributed by atoms with Crippen LogP contribution in [0.4, 0.5) is 10.1 Å². The van der Waals surface area contributed by atoms with Crippen molar-refractivity contribution < 1.29 is 9.13 Å². The fourth-order valence-electron chi connectivity index (χ4n) is 2.01. The molecule has 0 heterocycles. The molecule has 0 aliphatic heterocycles. The van der Waals surface area contributed by atoms with Crippen LogP contribution in [0.5, 0.6) is 0 Å². The van der Waals surface area contributed by atoms with Crippen molar-refractivity contribution in [2.75, 3.05) is 32.2 Å². The summed E-state index contributed by atoms with van der Waals surface area (Å²) in [7, 11) is 3.65. The molecule has 0 spiro atoms. The Morgan fingerprint density at radius 2 is 1.94 bits per heavy atom. The third-order valence-corrected chi connectivity index (χ3v) is 3.06. The Hall–Kier alpha value is -1.13. The number of anilines is 1. The van der Waals surface area contributed by atoms with E-state index in [-0.39, 0.29) is 11.9 Å². The highest BCUT2D eigenvalue weighted by Gasteiger charge is 2.20. The van der Waals surface area contributed by atoms with Crippen molar-refractivity contribution in [3.63, 3.8) is 0 Å². The summed E-state index contributed by atoms with van der Waals surface area (Å²) in [6.07, 6.45) is 0. The summed E-state index contributed by atoms with van der Waals surface area (Å²) >= 11 is 0. The first-order valence-corrected chi connectivity index (χ1v) is 5.77. The van der Waals surface area contributed by atoms with Gasteiger partial charge in [0.25, 0.3) is 0 Å². The number of nitrogens with zero attached hydrogens (tertiary/aromatic N) is 1. The number of halogens is 1. The molecular weight excluding hydrogens is 219 g/mol. The summed E-state index contributed by atoms with van der Waals surface area (Å²) < 4.78 is 18.0. The molecule has 1 rings (SSSR count). The number of rotatable bonds is 6. The molecule has 0 aromatic heterocycles. The van der Waals surface area contributed by atoms with Gasteiger partial charge >= 0.3 is 0 Å². The Morgan fingerprint density at radius 3 is 2.41 bits per heavy atom. The van der Waals surface area contributed by atoms with Crippen LogP contribution in [-0.4, -0.2) is 33.4 Å². The fraction of sp³-hybridized carbons (Fsp3) is 0.538. The summed E-state index contributed by atoms with van der Waals surface area (Å²) in [5, 5.41) is 0. The van der Waals surface area contributed by atoms with Gasteiger partial charge in [-0.15, -0.1) is 0 Å². The van der Waals surface area contributed by atoms with Crippen LogP contribution < -0.4 is 10.6 Å². The van der Waals surface area contributed by atoms with E-state index in [0.29, 0.717) is 19.1 Å². The molecule has 1 aromatic rings. The normalized spacial score (nSPS) is 14.4. The van der Waals surface area contributed by atoms with Crippen LogP contribution in [0.1, 0.15) is 6.92 Å². The zero-order valence-corrected chi connectivity index (χ0v) is 10.7. The van der Waals surface area contributed by atoms with Gasteiger partial charge in [-0.3, -0.25) is 0 Å². The highest BCUT2D eigenvalue weighted by Crippen LogP contribution is 2.19. The minimum atomic E-state index is -0.226. The third-order valence-electron chi connectivity index (χ3n) is 3.06. The zero-order chi connectivity index (χ0) is 12.8. The van der Waals surface area contributed by atoms with Crippen LogP contribution >= 0.6 is 0 Å². The van der Waals surface area contributed by atoms with Gasteiger partial charge in [0.05, 0.1) is 6.61 Å². The third kappa shape index (κ3) is 3.68. The molecule has 0 amide bonds. The Balaban J connectivity index is 2.78. The molecule has 2 atom stereocenters. The van der Waals surface area contributed by atoms with Gasteiger partial charge in [0.2, 0.25) is 0 Å². The van der Waals surface area contributed by atoms with E-state index >= 15 is 0 Å². The summed E-state index contributed by atoms with van der Waals surface area (Å²) in [5.41, 5.74) is 6.76. The summed E-state index contributed by atoms with van der Waals surface area (Å²) in [6, 6.07) is 6.62. The lowest BCUT2D eigenvalue weighted by Gasteiger charge is -2.33. The topological polar surface area (TPSA) is 38.5 Å². The molecule has 0 fully saturated rings. The van der Waals surface area contributed by atoms with Crippen LogP contribution in [0.15, 0.2) is 24.3 Å². The van der Waals surface area contributed by atoms with Crippen molar-refractivity contribution in [2.24, 2.45) is 11.7 Å². The second kappa shape index (κ2) is 6.57. The maximum absolute atomic E-state index is 12.8. The first-order valence-electron chi connectivity index (χ1n) is 5.77. The van der Waals surface area contributed by atoms with Crippen LogP contribution in [-0.2, 0) is 4.74 Å². The number of likely N-dealkylation sites (N-methyl/N-ethyl adjacent to an activating group) is 1. The van der Waals surface area contributed by atoms with E-state index in [0.717, 1.165) is 5.69 Å². The van der Waals surface area contributed by atoms with Gasteiger partial charge in [0.1, 0.15) is 5.82 Å². The highest BCUT2D eigenvalue weighted by molar-refractivity contribution is 5.46. The minimum Gasteiger partial charge on any atom is -0.384 e. The molecule has 17 heavy (non-hydrogen) atoms. The summed E-state index contributed by atoms with van der Waals surface area (Å²) in [6.45, 7) is 3.30. The smallest absolute Gasteiger partial charge is 0.123 e. The maximum Gasteiger partial charge on any atom is 0.123 e. The average Bonchev–Trinajstić information content (AvgIpc) is 2.31. The Bertz CT molecular complexity index is 329. The Labute approximate surface area is 102 Å². The van der Waals surface area contributed by atoms with Crippen LogP contribution in [0.3, 0.4) is 0 Å². The summed E-state index contributed by atoms with van der Waals surface area (Å²) in [5.74, 6) is 0.0939. The van der Waals surface area contributed by atoms with Crippen LogP contribution in [0.2, 0.25) is 0 Å². The number of nitrogens with two attached hydrogens (primary N) is 1. The standard InChI is InChI=1S/C13H21FN2O/c1-10(9-17-3)13(8-15)16(2)12-6-4-11(14)5-7-12/h4-7,10,13H,8-9,15H2,1-3H3. The van der Waals surface area contributed by atoms with E-state index in [4.69, 9.17) is 10.5 Å². The first-order chi connectivity index (χ1) is 8.10. The highest BCUT2D eigenvalue weighted by atomic mass is 19.1. The molecule has 0 radical (unpaired) electrons. The number of hydrogen-bond acceptors (Lipinski definition) is 3. The van der Waals surface area contributed by atoms with Gasteiger partial charge in [-0.1, -0.05) is 6.92 Å². The van der Waals surface area contributed by atoms with Crippen molar-refractivity contribution in [1.82, 2.24) is 0 Å². The average molecular weight is 240 g/mol. The molecular formula is C13H21FN2O. The van der Waals surface area contributed by atoms with E-state index < -0.39 is 0 Å². The van der Waals surface area contributed by atoms with Crippen LogP contribution in [0.25, 0.3) is 0 Å². The number of ether oxygens (including phenoxy) is 1. The molecule has 0 bridgehead atoms. The first kappa shape index (κ1) is 13.9. The van der Waals surface area contributed by atoms with Crippen molar-refractivity contribution in [2.45, 2.75) is 13.0 Å². The van der Waals surface area contributed by atoms with E-state index in [1.807, 2.05) is 7.05 Å². The largest absolute Gasteiger partial charge is 0.384 e. The lowest BCUT2D eigenvalue weighted by atomic mass is 10.0. The lowest BCUT2D eigenvalue weighted by Crippen LogP contribution is -2.44. The monoisotopic (exact) mass is 240 g/mol. The molecule has 0 aliphatic rings. The minimum absolute atomic E-state index is 0.181. The maximum atomic E-state index is 12.8. The van der Waals surface area contributed by atoms with Gasteiger partial charge in [0.15, 0.2) is 0 Å². The Kier molecular flexibility index (Phi) is 5.38. The van der Waals surface area contributed by atoms with Gasteiger partial charge in [-0.25, -0.2) is 4.39 Å². The van der Waals surface area contributed by atoms with E-state index in [2.05, 4.69) is 11.8 Å². The van der Waals surface area contributed by atoms with E-state index in [1.54, 1.807) is 19.2 Å². The number of methoxy groups -OCH3 is 1. The predicted molar refractivity (Wildman–Crippen MR) is 68.7 cm³/mol. The molecule has 2 N–H and O–H groups in total. The predicted octanol–water partition coefficient (Wildman–Crippen LogP) is 1.87.